The molecule has 118 valence electrons. The van der Waals surface area contributed by atoms with Crippen LogP contribution in [0.1, 0.15) is 18.9 Å². The summed E-state index contributed by atoms with van der Waals surface area (Å²) in [5.41, 5.74) is 0.704. The van der Waals surface area contributed by atoms with Crippen molar-refractivity contribution in [1.29, 1.82) is 0 Å². The zero-order valence-electron chi connectivity index (χ0n) is 12.3. The fraction of sp³-hybridized carbons (Fsp3) is 0.267. The lowest BCUT2D eigenvalue weighted by Crippen LogP contribution is -2.36. The number of hydrogen-bond donors (Lipinski definition) is 2. The van der Waals surface area contributed by atoms with Crippen LogP contribution >= 0.6 is 0 Å². The van der Waals surface area contributed by atoms with Gasteiger partial charge in [0.05, 0.1) is 7.11 Å². The number of benzene rings is 1. The Morgan fingerprint density at radius 1 is 1.23 bits per heavy atom. The molecule has 1 aromatic carbocycles. The van der Waals surface area contributed by atoms with Crippen molar-refractivity contribution in [1.82, 2.24) is 10.6 Å². The number of rotatable bonds is 7. The SMILES string of the molecule is COc1ccc(/C=C(/NC(C)=O)C(=O)NCCC(=O)[O-])cc1. The summed E-state index contributed by atoms with van der Waals surface area (Å²) in [5, 5.41) is 15.1. The van der Waals surface area contributed by atoms with Crippen LogP contribution in [-0.2, 0) is 14.4 Å². The maximum Gasteiger partial charge on any atom is 0.267 e. The number of amides is 2. The highest BCUT2D eigenvalue weighted by molar-refractivity contribution is 6.01. The van der Waals surface area contributed by atoms with Gasteiger partial charge in [0, 0.05) is 25.9 Å². The molecule has 0 atom stereocenters. The van der Waals surface area contributed by atoms with Crippen molar-refractivity contribution < 1.29 is 24.2 Å². The number of methoxy groups -OCH3 is 1. The molecule has 22 heavy (non-hydrogen) atoms. The Hall–Kier alpha value is -2.83. The van der Waals surface area contributed by atoms with E-state index in [1.54, 1.807) is 31.4 Å². The smallest absolute Gasteiger partial charge is 0.267 e. The van der Waals surface area contributed by atoms with Crippen LogP contribution in [0.4, 0.5) is 0 Å². The highest BCUT2D eigenvalue weighted by Crippen LogP contribution is 2.13. The van der Waals surface area contributed by atoms with E-state index in [1.807, 2.05) is 0 Å². The van der Waals surface area contributed by atoms with E-state index in [9.17, 15) is 19.5 Å². The number of nitrogens with one attached hydrogen (secondary N) is 2. The van der Waals surface area contributed by atoms with Crippen LogP contribution < -0.4 is 20.5 Å². The van der Waals surface area contributed by atoms with Gasteiger partial charge in [0.15, 0.2) is 0 Å². The fourth-order valence-electron chi connectivity index (χ4n) is 1.59. The molecule has 2 amide bonds. The average molecular weight is 305 g/mol. The first-order valence-electron chi connectivity index (χ1n) is 6.53. The third-order valence-corrected chi connectivity index (χ3v) is 2.60. The van der Waals surface area contributed by atoms with Gasteiger partial charge in [-0.05, 0) is 23.8 Å². The molecular formula is C15H17N2O5-. The molecule has 0 saturated heterocycles. The zero-order valence-corrected chi connectivity index (χ0v) is 12.3. The maximum atomic E-state index is 12.0. The number of aliphatic carboxylic acids is 1. The summed E-state index contributed by atoms with van der Waals surface area (Å²) < 4.78 is 5.03. The molecule has 0 aliphatic rings. The first kappa shape index (κ1) is 17.2. The molecule has 1 aromatic rings. The molecule has 0 bridgehead atoms. The highest BCUT2D eigenvalue weighted by atomic mass is 16.5. The monoisotopic (exact) mass is 305 g/mol. The van der Waals surface area contributed by atoms with Crippen LogP contribution in [0, 0.1) is 0 Å². The number of carboxylic acid groups (broad SMARTS) is 1. The van der Waals surface area contributed by atoms with Gasteiger partial charge >= 0.3 is 0 Å². The van der Waals surface area contributed by atoms with Crippen LogP contribution in [0.25, 0.3) is 6.08 Å². The van der Waals surface area contributed by atoms with Gasteiger partial charge in [0.1, 0.15) is 11.4 Å². The molecule has 7 nitrogen and oxygen atoms in total. The van der Waals surface area contributed by atoms with Gasteiger partial charge in [-0.15, -0.1) is 0 Å². The number of carbonyl (C=O) groups is 3. The lowest BCUT2D eigenvalue weighted by atomic mass is 10.1. The van der Waals surface area contributed by atoms with E-state index in [0.717, 1.165) is 0 Å². The third kappa shape index (κ3) is 6.08. The summed E-state index contributed by atoms with van der Waals surface area (Å²) in [6.07, 6.45) is 1.18. The van der Waals surface area contributed by atoms with Crippen LogP contribution in [0.5, 0.6) is 5.75 Å². The van der Waals surface area contributed by atoms with E-state index in [4.69, 9.17) is 4.74 Å². The molecule has 2 N–H and O–H groups in total. The van der Waals surface area contributed by atoms with Crippen LogP contribution in [0.15, 0.2) is 30.0 Å². The topological polar surface area (TPSA) is 108 Å². The second-order valence-electron chi connectivity index (χ2n) is 4.39. The van der Waals surface area contributed by atoms with Crippen LogP contribution in [-0.4, -0.2) is 31.4 Å². The predicted octanol–water partition coefficient (Wildman–Crippen LogP) is -0.572. The van der Waals surface area contributed by atoms with Crippen molar-refractivity contribution in [3.05, 3.63) is 35.5 Å². The van der Waals surface area contributed by atoms with Crippen molar-refractivity contribution in [3.8, 4) is 5.75 Å². The van der Waals surface area contributed by atoms with Crippen molar-refractivity contribution in [2.75, 3.05) is 13.7 Å². The molecule has 0 radical (unpaired) electrons. The van der Waals surface area contributed by atoms with Gasteiger partial charge in [-0.25, -0.2) is 0 Å². The van der Waals surface area contributed by atoms with Crippen molar-refractivity contribution in [2.24, 2.45) is 0 Å². The molecule has 0 fully saturated rings. The Morgan fingerprint density at radius 2 is 1.86 bits per heavy atom. The Kier molecular flexibility index (Phi) is 6.62. The van der Waals surface area contributed by atoms with Gasteiger partial charge in [0.2, 0.25) is 5.91 Å². The van der Waals surface area contributed by atoms with Crippen molar-refractivity contribution in [2.45, 2.75) is 13.3 Å². The fourth-order valence-corrected chi connectivity index (χ4v) is 1.59. The maximum absolute atomic E-state index is 12.0. The third-order valence-electron chi connectivity index (χ3n) is 2.60. The molecule has 7 heteroatoms. The van der Waals surface area contributed by atoms with Gasteiger partial charge in [-0.3, -0.25) is 9.59 Å². The summed E-state index contributed by atoms with van der Waals surface area (Å²) in [5.74, 6) is -1.58. The minimum Gasteiger partial charge on any atom is -0.550 e. The predicted molar refractivity (Wildman–Crippen MR) is 77.4 cm³/mol. The molecule has 1 rings (SSSR count). The summed E-state index contributed by atoms with van der Waals surface area (Å²) >= 11 is 0. The molecule has 0 saturated carbocycles. The minimum atomic E-state index is -1.26. The summed E-state index contributed by atoms with van der Waals surface area (Å²) in [6, 6.07) is 6.86. The number of ether oxygens (including phenoxy) is 1. The van der Waals surface area contributed by atoms with Gasteiger partial charge < -0.3 is 25.3 Å². The van der Waals surface area contributed by atoms with Gasteiger partial charge in [0.25, 0.3) is 5.91 Å². The minimum absolute atomic E-state index is 0.0241. The van der Waals surface area contributed by atoms with E-state index in [2.05, 4.69) is 10.6 Å². The molecule has 0 heterocycles. The quantitative estimate of drug-likeness (QED) is 0.656. The number of carboxylic acids is 1. The first-order valence-corrected chi connectivity index (χ1v) is 6.53. The summed E-state index contributed by atoms with van der Waals surface area (Å²) in [4.78, 5) is 33.5. The van der Waals surface area contributed by atoms with E-state index < -0.39 is 17.8 Å². The second-order valence-corrected chi connectivity index (χ2v) is 4.39. The summed E-state index contributed by atoms with van der Waals surface area (Å²) in [7, 11) is 1.54. The number of carbonyl (C=O) groups excluding carboxylic acids is 3. The normalized spacial score (nSPS) is 10.7. The second kappa shape index (κ2) is 8.46. The summed E-state index contributed by atoms with van der Waals surface area (Å²) in [6.45, 7) is 1.19. The van der Waals surface area contributed by atoms with E-state index in [0.29, 0.717) is 11.3 Å². The molecule has 0 spiro atoms. The molecule has 0 aromatic heterocycles. The first-order chi connectivity index (χ1) is 10.4. The Morgan fingerprint density at radius 3 is 2.36 bits per heavy atom. The number of hydrogen-bond acceptors (Lipinski definition) is 5. The highest BCUT2D eigenvalue weighted by Gasteiger charge is 2.10. The lowest BCUT2D eigenvalue weighted by molar-refractivity contribution is -0.305. The van der Waals surface area contributed by atoms with Crippen molar-refractivity contribution >= 4 is 23.9 Å². The Balaban J connectivity index is 2.85. The van der Waals surface area contributed by atoms with Crippen LogP contribution in [0.3, 0.4) is 0 Å². The average Bonchev–Trinajstić information content (AvgIpc) is 2.46. The zero-order chi connectivity index (χ0) is 16.5. The molecule has 0 aliphatic heterocycles. The van der Waals surface area contributed by atoms with Crippen molar-refractivity contribution in [3.63, 3.8) is 0 Å². The molecule has 0 unspecified atom stereocenters. The Labute approximate surface area is 128 Å². The van der Waals surface area contributed by atoms with E-state index >= 15 is 0 Å². The Bertz CT molecular complexity index is 578. The van der Waals surface area contributed by atoms with E-state index in [-0.39, 0.29) is 18.7 Å². The van der Waals surface area contributed by atoms with Crippen LogP contribution in [0.2, 0.25) is 0 Å². The largest absolute Gasteiger partial charge is 0.550 e. The van der Waals surface area contributed by atoms with E-state index in [1.165, 1.54) is 13.0 Å². The molecule has 0 aliphatic carbocycles. The lowest BCUT2D eigenvalue weighted by Gasteiger charge is -2.10. The standard InChI is InChI=1S/C15H18N2O5/c1-10(18)17-13(15(21)16-8-7-14(19)20)9-11-3-5-12(22-2)6-4-11/h3-6,9H,7-8H2,1-2H3,(H,16,21)(H,17,18)(H,19,20)/p-1/b13-9+. The van der Waals surface area contributed by atoms with Gasteiger partial charge in [-0.2, -0.15) is 0 Å². The molecular weight excluding hydrogens is 288 g/mol. The van der Waals surface area contributed by atoms with Gasteiger partial charge in [-0.1, -0.05) is 12.1 Å².